The minimum Gasteiger partial charge on any atom is -0.436 e. The second-order valence-electron chi connectivity index (χ2n) is 9.49. The quantitative estimate of drug-likeness (QED) is 0.512. The summed E-state index contributed by atoms with van der Waals surface area (Å²) >= 11 is 0. The fourth-order valence-electron chi connectivity index (χ4n) is 5.05. The highest BCUT2D eigenvalue weighted by molar-refractivity contribution is 5.85. The summed E-state index contributed by atoms with van der Waals surface area (Å²) in [5.41, 5.74) is 7.31. The highest BCUT2D eigenvalue weighted by Gasteiger charge is 2.34. The van der Waals surface area contributed by atoms with Gasteiger partial charge in [-0.15, -0.1) is 0 Å². The Kier molecular flexibility index (Phi) is 6.90. The van der Waals surface area contributed by atoms with Gasteiger partial charge in [-0.05, 0) is 38.5 Å². The molecule has 4 N–H and O–H groups in total. The molecule has 194 valence electrons. The molecule has 0 saturated carbocycles. The molecule has 3 amide bonds. The highest BCUT2D eigenvalue weighted by atomic mass is 16.6. The molecule has 36 heavy (non-hydrogen) atoms. The molecular weight excluding hydrogens is 468 g/mol. The van der Waals surface area contributed by atoms with E-state index in [0.29, 0.717) is 74.7 Å². The number of carbonyl (C=O) groups excluding carboxylic acids is 3. The Morgan fingerprint density at radius 3 is 2.75 bits per heavy atom. The van der Waals surface area contributed by atoms with E-state index >= 15 is 0 Å². The number of aromatic nitrogens is 4. The molecule has 3 aliphatic heterocycles. The highest BCUT2D eigenvalue weighted by Crippen LogP contribution is 2.32. The Morgan fingerprint density at radius 2 is 2.03 bits per heavy atom. The van der Waals surface area contributed by atoms with Crippen molar-refractivity contribution >= 4 is 34.9 Å². The molecule has 3 saturated heterocycles. The van der Waals surface area contributed by atoms with Gasteiger partial charge < -0.3 is 30.7 Å². The molecule has 0 aliphatic carbocycles. The number of nitrogens with two attached hydrogens (primary N) is 1. The molecule has 5 heterocycles. The summed E-state index contributed by atoms with van der Waals surface area (Å²) in [7, 11) is 0. The van der Waals surface area contributed by atoms with Crippen LogP contribution in [0.25, 0.3) is 11.2 Å². The molecule has 1 unspecified atom stereocenters. The van der Waals surface area contributed by atoms with Crippen molar-refractivity contribution in [3.8, 4) is 0 Å². The number of hydrogen-bond donors (Lipinski definition) is 3. The predicted octanol–water partition coefficient (Wildman–Crippen LogP) is 0.502. The van der Waals surface area contributed by atoms with Crippen molar-refractivity contribution in [3.05, 3.63) is 12.2 Å². The zero-order valence-corrected chi connectivity index (χ0v) is 20.3. The van der Waals surface area contributed by atoms with E-state index in [1.807, 2.05) is 11.5 Å². The molecule has 2 aromatic heterocycles. The minimum absolute atomic E-state index is 0.110. The Morgan fingerprint density at radius 1 is 1.22 bits per heavy atom. The van der Waals surface area contributed by atoms with E-state index in [1.54, 1.807) is 11.2 Å². The number of amides is 3. The third kappa shape index (κ3) is 4.92. The summed E-state index contributed by atoms with van der Waals surface area (Å²) in [6.45, 7) is 4.06. The number of piperidine rings is 1. The Labute approximate surface area is 208 Å². The van der Waals surface area contributed by atoms with Gasteiger partial charge in [0.1, 0.15) is 23.7 Å². The largest absolute Gasteiger partial charge is 0.436 e. The maximum absolute atomic E-state index is 12.4. The predicted molar refractivity (Wildman–Crippen MR) is 127 cm³/mol. The summed E-state index contributed by atoms with van der Waals surface area (Å²) in [5, 5.41) is 5.47. The topological polar surface area (TPSA) is 167 Å². The SMILES string of the molecule is CCNC(=O)[C@@H]1CC[C@H](n2cnc3c(N)nc(CC4CCN(C(=O)OC5CCNC5=O)CC4)nc32)O1. The van der Waals surface area contributed by atoms with E-state index < -0.39 is 18.3 Å². The maximum Gasteiger partial charge on any atom is 0.410 e. The number of fused-ring (bicyclic) bond motifs is 1. The van der Waals surface area contributed by atoms with Crippen molar-refractivity contribution in [3.63, 3.8) is 0 Å². The number of carbonyl (C=O) groups is 3. The van der Waals surface area contributed by atoms with E-state index in [-0.39, 0.29) is 24.0 Å². The monoisotopic (exact) mass is 500 g/mol. The van der Waals surface area contributed by atoms with Crippen molar-refractivity contribution in [1.82, 2.24) is 35.1 Å². The second-order valence-corrected chi connectivity index (χ2v) is 9.49. The van der Waals surface area contributed by atoms with Crippen LogP contribution >= 0.6 is 0 Å². The smallest absolute Gasteiger partial charge is 0.410 e. The Bertz CT molecular complexity index is 1140. The van der Waals surface area contributed by atoms with Crippen molar-refractivity contribution < 1.29 is 23.9 Å². The van der Waals surface area contributed by atoms with Crippen molar-refractivity contribution in [2.75, 3.05) is 31.9 Å². The van der Waals surface area contributed by atoms with E-state index in [9.17, 15) is 14.4 Å². The number of anilines is 1. The molecule has 13 nitrogen and oxygen atoms in total. The summed E-state index contributed by atoms with van der Waals surface area (Å²) in [6.07, 6.45) is 3.63. The maximum atomic E-state index is 12.4. The van der Waals surface area contributed by atoms with Crippen LogP contribution in [0, 0.1) is 5.92 Å². The van der Waals surface area contributed by atoms with Crippen LogP contribution in [0.2, 0.25) is 0 Å². The number of likely N-dealkylation sites (tertiary alicyclic amines) is 1. The van der Waals surface area contributed by atoms with Gasteiger partial charge in [-0.3, -0.25) is 14.2 Å². The molecule has 0 aromatic carbocycles. The van der Waals surface area contributed by atoms with Gasteiger partial charge in [0.15, 0.2) is 17.6 Å². The van der Waals surface area contributed by atoms with E-state index in [4.69, 9.17) is 20.2 Å². The number of nitrogen functional groups attached to an aromatic ring is 1. The van der Waals surface area contributed by atoms with Gasteiger partial charge in [-0.2, -0.15) is 0 Å². The number of nitrogens with zero attached hydrogens (tertiary/aromatic N) is 5. The van der Waals surface area contributed by atoms with Crippen LogP contribution in [0.4, 0.5) is 10.6 Å². The van der Waals surface area contributed by atoms with Crippen LogP contribution in [0.1, 0.15) is 51.1 Å². The van der Waals surface area contributed by atoms with Crippen LogP contribution in [0.15, 0.2) is 6.33 Å². The number of nitrogens with one attached hydrogen (secondary N) is 2. The van der Waals surface area contributed by atoms with Crippen molar-refractivity contribution in [2.24, 2.45) is 5.92 Å². The molecule has 0 bridgehead atoms. The molecule has 3 aliphatic rings. The van der Waals surface area contributed by atoms with Gasteiger partial charge in [-0.25, -0.2) is 19.7 Å². The summed E-state index contributed by atoms with van der Waals surface area (Å²) in [4.78, 5) is 51.5. The van der Waals surface area contributed by atoms with Crippen molar-refractivity contribution in [2.45, 2.75) is 63.9 Å². The molecule has 13 heteroatoms. The molecule has 0 spiro atoms. The third-order valence-electron chi connectivity index (χ3n) is 7.03. The van der Waals surface area contributed by atoms with Crippen LogP contribution in [-0.4, -0.2) is 80.7 Å². The second kappa shape index (κ2) is 10.2. The first-order chi connectivity index (χ1) is 17.4. The standard InChI is InChI=1S/C23H32N8O5/c1-2-25-21(32)14-3-4-17(35-14)31-12-27-18-19(24)28-16(29-20(18)31)11-13-6-9-30(10-7-13)23(34)36-15-5-8-26-22(15)33/h12-15,17H,2-11H2,1H3,(H,25,32)(H,26,33)(H2,24,28,29)/t14-,15?,17+/m0/s1. The zero-order chi connectivity index (χ0) is 25.2. The van der Waals surface area contributed by atoms with E-state index in [0.717, 1.165) is 12.8 Å². The van der Waals surface area contributed by atoms with Gasteiger partial charge in [-0.1, -0.05) is 0 Å². The molecular formula is C23H32N8O5. The lowest BCUT2D eigenvalue weighted by atomic mass is 9.93. The first-order valence-electron chi connectivity index (χ1n) is 12.6. The van der Waals surface area contributed by atoms with Gasteiger partial charge in [0.25, 0.3) is 5.91 Å². The first kappa shape index (κ1) is 24.2. The lowest BCUT2D eigenvalue weighted by molar-refractivity contribution is -0.133. The van der Waals surface area contributed by atoms with Crippen LogP contribution in [0.3, 0.4) is 0 Å². The summed E-state index contributed by atoms with van der Waals surface area (Å²) in [5.74, 6) is 0.861. The Hall–Kier alpha value is -3.48. The molecule has 0 radical (unpaired) electrons. The molecule has 2 aromatic rings. The number of likely N-dealkylation sites (N-methyl/N-ethyl adjacent to an activating group) is 1. The van der Waals surface area contributed by atoms with Crippen molar-refractivity contribution in [1.29, 1.82) is 0 Å². The normalized spacial score (nSPS) is 24.8. The molecule has 3 atom stereocenters. The number of hydrogen-bond acceptors (Lipinski definition) is 9. The van der Waals surface area contributed by atoms with E-state index in [1.165, 1.54) is 0 Å². The average Bonchev–Trinajstić information content (AvgIpc) is 3.60. The minimum atomic E-state index is -0.691. The van der Waals surface area contributed by atoms with Gasteiger partial charge in [0.05, 0.1) is 6.33 Å². The average molecular weight is 501 g/mol. The van der Waals surface area contributed by atoms with Gasteiger partial charge >= 0.3 is 6.09 Å². The third-order valence-corrected chi connectivity index (χ3v) is 7.03. The lowest BCUT2D eigenvalue weighted by Gasteiger charge is -2.31. The fourth-order valence-corrected chi connectivity index (χ4v) is 5.05. The van der Waals surface area contributed by atoms with Gasteiger partial charge in [0.2, 0.25) is 5.91 Å². The lowest BCUT2D eigenvalue weighted by Crippen LogP contribution is -2.41. The van der Waals surface area contributed by atoms with Crippen LogP contribution in [0.5, 0.6) is 0 Å². The number of imidazole rings is 1. The number of rotatable bonds is 6. The first-order valence-corrected chi connectivity index (χ1v) is 12.6. The van der Waals surface area contributed by atoms with Crippen LogP contribution < -0.4 is 16.4 Å². The van der Waals surface area contributed by atoms with Crippen LogP contribution in [-0.2, 0) is 25.5 Å². The number of ether oxygens (including phenoxy) is 2. The van der Waals surface area contributed by atoms with Gasteiger partial charge in [0, 0.05) is 39.0 Å². The van der Waals surface area contributed by atoms with E-state index in [2.05, 4.69) is 20.6 Å². The molecule has 3 fully saturated rings. The Balaban J connectivity index is 1.21. The molecule has 5 rings (SSSR count). The fraction of sp³-hybridized carbons (Fsp3) is 0.652. The summed E-state index contributed by atoms with van der Waals surface area (Å²) < 4.78 is 13.2. The summed E-state index contributed by atoms with van der Waals surface area (Å²) in [6, 6.07) is 0. The zero-order valence-electron chi connectivity index (χ0n) is 20.3.